The number of halogens is 1. The molecule has 4 heteroatoms. The Morgan fingerprint density at radius 2 is 1.90 bits per heavy atom. The standard InChI is InChI=1S/C16H20ClNO2/c17-13-3-1-12(2-4-13)14-9-15(14)16(20)18-7-5-11(10-19)6-8-18/h1-4,11,14-15,19H,5-10H2. The molecule has 20 heavy (non-hydrogen) atoms. The van der Waals surface area contributed by atoms with Crippen molar-refractivity contribution in [1.29, 1.82) is 0 Å². The molecular formula is C16H20ClNO2. The molecule has 0 spiro atoms. The van der Waals surface area contributed by atoms with E-state index in [2.05, 4.69) is 0 Å². The Hall–Kier alpha value is -1.06. The molecule has 2 aliphatic rings. The van der Waals surface area contributed by atoms with E-state index in [1.165, 1.54) is 5.56 Å². The second-order valence-electron chi connectivity index (χ2n) is 5.95. The average molecular weight is 294 g/mol. The lowest BCUT2D eigenvalue weighted by atomic mass is 9.97. The van der Waals surface area contributed by atoms with E-state index in [9.17, 15) is 4.79 Å². The van der Waals surface area contributed by atoms with Gasteiger partial charge in [-0.15, -0.1) is 0 Å². The first-order chi connectivity index (χ1) is 9.69. The molecule has 2 fully saturated rings. The van der Waals surface area contributed by atoms with Crippen LogP contribution in [-0.4, -0.2) is 35.6 Å². The van der Waals surface area contributed by atoms with E-state index in [0.29, 0.717) is 17.7 Å². The van der Waals surface area contributed by atoms with Gasteiger partial charge in [0, 0.05) is 30.6 Å². The van der Waals surface area contributed by atoms with Crippen LogP contribution >= 0.6 is 11.6 Å². The first kappa shape index (κ1) is 13.9. The van der Waals surface area contributed by atoms with Crippen molar-refractivity contribution in [1.82, 2.24) is 4.90 Å². The number of benzene rings is 1. The topological polar surface area (TPSA) is 40.5 Å². The number of amides is 1. The van der Waals surface area contributed by atoms with Crippen molar-refractivity contribution in [2.45, 2.75) is 25.2 Å². The summed E-state index contributed by atoms with van der Waals surface area (Å²) in [5, 5.41) is 9.88. The van der Waals surface area contributed by atoms with Crippen LogP contribution in [0.25, 0.3) is 0 Å². The van der Waals surface area contributed by atoms with E-state index in [1.807, 2.05) is 29.2 Å². The van der Waals surface area contributed by atoms with Gasteiger partial charge in [-0.2, -0.15) is 0 Å². The van der Waals surface area contributed by atoms with Crippen LogP contribution in [0.1, 0.15) is 30.7 Å². The third-order valence-electron chi connectivity index (χ3n) is 4.59. The molecule has 0 bridgehead atoms. The average Bonchev–Trinajstić information content (AvgIpc) is 3.28. The number of hydrogen-bond donors (Lipinski definition) is 1. The highest BCUT2D eigenvalue weighted by atomic mass is 35.5. The molecule has 1 aliphatic heterocycles. The highest BCUT2D eigenvalue weighted by molar-refractivity contribution is 6.30. The monoisotopic (exact) mass is 293 g/mol. The summed E-state index contributed by atoms with van der Waals surface area (Å²) in [5.74, 6) is 1.20. The van der Waals surface area contributed by atoms with E-state index < -0.39 is 0 Å². The van der Waals surface area contributed by atoms with Crippen molar-refractivity contribution >= 4 is 17.5 Å². The molecule has 1 aromatic rings. The van der Waals surface area contributed by atoms with Crippen LogP contribution in [0.4, 0.5) is 0 Å². The number of nitrogens with zero attached hydrogens (tertiary/aromatic N) is 1. The molecule has 1 heterocycles. The Morgan fingerprint density at radius 1 is 1.25 bits per heavy atom. The highest BCUT2D eigenvalue weighted by Gasteiger charge is 2.46. The molecule has 1 amide bonds. The second kappa shape index (κ2) is 5.74. The molecule has 2 atom stereocenters. The van der Waals surface area contributed by atoms with Crippen LogP contribution in [0.2, 0.25) is 5.02 Å². The van der Waals surface area contributed by atoms with E-state index >= 15 is 0 Å². The maximum absolute atomic E-state index is 12.4. The smallest absolute Gasteiger partial charge is 0.226 e. The maximum Gasteiger partial charge on any atom is 0.226 e. The molecule has 1 aliphatic carbocycles. The lowest BCUT2D eigenvalue weighted by Crippen LogP contribution is -2.40. The van der Waals surface area contributed by atoms with Crippen LogP contribution < -0.4 is 0 Å². The molecule has 1 saturated heterocycles. The zero-order valence-corrected chi connectivity index (χ0v) is 12.2. The van der Waals surface area contributed by atoms with Gasteiger partial charge in [0.15, 0.2) is 0 Å². The third kappa shape index (κ3) is 2.84. The Balaban J connectivity index is 1.56. The molecule has 108 valence electrons. The fourth-order valence-corrected chi connectivity index (χ4v) is 3.24. The van der Waals surface area contributed by atoms with Gasteiger partial charge in [-0.3, -0.25) is 4.79 Å². The minimum absolute atomic E-state index is 0.154. The van der Waals surface area contributed by atoms with Crippen molar-refractivity contribution in [3.63, 3.8) is 0 Å². The number of aliphatic hydroxyl groups excluding tert-OH is 1. The van der Waals surface area contributed by atoms with Crippen LogP contribution in [0.5, 0.6) is 0 Å². The van der Waals surface area contributed by atoms with Crippen molar-refractivity contribution in [2.24, 2.45) is 11.8 Å². The maximum atomic E-state index is 12.4. The third-order valence-corrected chi connectivity index (χ3v) is 4.84. The molecule has 1 saturated carbocycles. The summed E-state index contributed by atoms with van der Waals surface area (Å²) in [4.78, 5) is 14.4. The van der Waals surface area contributed by atoms with E-state index in [-0.39, 0.29) is 12.5 Å². The summed E-state index contributed by atoms with van der Waals surface area (Å²) in [5.41, 5.74) is 1.22. The molecule has 3 rings (SSSR count). The van der Waals surface area contributed by atoms with Crippen molar-refractivity contribution in [3.05, 3.63) is 34.9 Å². The van der Waals surface area contributed by atoms with E-state index in [0.717, 1.165) is 37.4 Å². The van der Waals surface area contributed by atoms with Gasteiger partial charge in [0.2, 0.25) is 5.91 Å². The van der Waals surface area contributed by atoms with Gasteiger partial charge in [0.05, 0.1) is 0 Å². The minimum atomic E-state index is 0.154. The molecule has 0 aromatic heterocycles. The number of piperidine rings is 1. The Labute approximate surface area is 124 Å². The van der Waals surface area contributed by atoms with Gasteiger partial charge in [0.1, 0.15) is 0 Å². The zero-order valence-electron chi connectivity index (χ0n) is 11.5. The first-order valence-electron chi connectivity index (χ1n) is 7.34. The first-order valence-corrected chi connectivity index (χ1v) is 7.72. The predicted octanol–water partition coefficient (Wildman–Crippen LogP) is 2.67. The number of carbonyl (C=O) groups is 1. The SMILES string of the molecule is O=C(C1CC1c1ccc(Cl)cc1)N1CCC(CO)CC1. The highest BCUT2D eigenvalue weighted by Crippen LogP contribution is 2.48. The van der Waals surface area contributed by atoms with Gasteiger partial charge in [0.25, 0.3) is 0 Å². The summed E-state index contributed by atoms with van der Waals surface area (Å²) in [7, 11) is 0. The summed E-state index contributed by atoms with van der Waals surface area (Å²) < 4.78 is 0. The largest absolute Gasteiger partial charge is 0.396 e. The predicted molar refractivity (Wildman–Crippen MR) is 78.7 cm³/mol. The quantitative estimate of drug-likeness (QED) is 0.931. The molecular weight excluding hydrogens is 274 g/mol. The molecule has 0 radical (unpaired) electrons. The van der Waals surface area contributed by atoms with Gasteiger partial charge < -0.3 is 10.0 Å². The molecule has 2 unspecified atom stereocenters. The van der Waals surface area contributed by atoms with Crippen molar-refractivity contribution in [3.8, 4) is 0 Å². The van der Waals surface area contributed by atoms with Crippen molar-refractivity contribution in [2.75, 3.05) is 19.7 Å². The van der Waals surface area contributed by atoms with Crippen LogP contribution in [0, 0.1) is 11.8 Å². The molecule has 3 nitrogen and oxygen atoms in total. The van der Waals surface area contributed by atoms with Gasteiger partial charge in [-0.05, 0) is 48.8 Å². The molecule has 1 aromatic carbocycles. The fraction of sp³-hybridized carbons (Fsp3) is 0.562. The fourth-order valence-electron chi connectivity index (χ4n) is 3.12. The number of hydrogen-bond acceptors (Lipinski definition) is 2. The Kier molecular flexibility index (Phi) is 3.99. The van der Waals surface area contributed by atoms with Crippen LogP contribution in [0.15, 0.2) is 24.3 Å². The van der Waals surface area contributed by atoms with E-state index in [1.54, 1.807) is 0 Å². The zero-order chi connectivity index (χ0) is 14.1. The summed E-state index contributed by atoms with van der Waals surface area (Å²) in [6.07, 6.45) is 2.82. The lowest BCUT2D eigenvalue weighted by Gasteiger charge is -2.31. The Morgan fingerprint density at radius 3 is 2.50 bits per heavy atom. The van der Waals surface area contributed by atoms with E-state index in [4.69, 9.17) is 16.7 Å². The van der Waals surface area contributed by atoms with Gasteiger partial charge >= 0.3 is 0 Å². The van der Waals surface area contributed by atoms with Crippen LogP contribution in [0.3, 0.4) is 0 Å². The van der Waals surface area contributed by atoms with Gasteiger partial charge in [-0.1, -0.05) is 23.7 Å². The number of likely N-dealkylation sites (tertiary alicyclic amines) is 1. The summed E-state index contributed by atoms with van der Waals surface area (Å²) >= 11 is 5.89. The molecule has 1 N–H and O–H groups in total. The Bertz CT molecular complexity index is 480. The summed E-state index contributed by atoms with van der Waals surface area (Å²) in [6, 6.07) is 7.84. The normalized spacial score (nSPS) is 26.6. The lowest BCUT2D eigenvalue weighted by molar-refractivity contribution is -0.134. The number of carbonyl (C=O) groups excluding carboxylic acids is 1. The minimum Gasteiger partial charge on any atom is -0.396 e. The second-order valence-corrected chi connectivity index (χ2v) is 6.39. The van der Waals surface area contributed by atoms with Gasteiger partial charge in [-0.25, -0.2) is 0 Å². The number of rotatable bonds is 3. The summed E-state index contributed by atoms with van der Waals surface area (Å²) in [6.45, 7) is 1.85. The van der Waals surface area contributed by atoms with Crippen LogP contribution in [-0.2, 0) is 4.79 Å². The number of aliphatic hydroxyl groups is 1. The van der Waals surface area contributed by atoms with Crippen molar-refractivity contribution < 1.29 is 9.90 Å².